The molecular weight excluding hydrogens is 466 g/mol. The second kappa shape index (κ2) is 10.7. The molecule has 2 aromatic heterocycles. The van der Waals surface area contributed by atoms with Crippen molar-refractivity contribution < 1.29 is 9.13 Å². The van der Waals surface area contributed by atoms with E-state index in [9.17, 15) is 4.39 Å². The lowest BCUT2D eigenvalue weighted by atomic mass is 9.92. The smallest absolute Gasteiger partial charge is 0.246 e. The number of rotatable bonds is 10. The van der Waals surface area contributed by atoms with Crippen LogP contribution in [-0.4, -0.2) is 37.7 Å². The minimum absolute atomic E-state index is 0.250. The first-order valence-electron chi connectivity index (χ1n) is 10.5. The summed E-state index contributed by atoms with van der Waals surface area (Å²) in [7, 11) is 1.59. The van der Waals surface area contributed by atoms with Crippen LogP contribution in [0.25, 0.3) is 5.69 Å². The zero-order valence-electron chi connectivity index (χ0n) is 17.9. The van der Waals surface area contributed by atoms with Crippen LogP contribution in [0, 0.1) is 5.82 Å². The number of ether oxygens (including phenoxy) is 1. The Labute approximate surface area is 200 Å². The maximum Gasteiger partial charge on any atom is 0.246 e. The van der Waals surface area contributed by atoms with Crippen molar-refractivity contribution in [3.05, 3.63) is 77.3 Å². The molecule has 0 bridgehead atoms. The Morgan fingerprint density at radius 3 is 2.79 bits per heavy atom. The molecule has 7 nitrogen and oxygen atoms in total. The maximum absolute atomic E-state index is 14.5. The van der Waals surface area contributed by atoms with Crippen LogP contribution in [0.2, 0.25) is 5.15 Å². The number of anilines is 2. The number of hydrogen-bond acceptors (Lipinski definition) is 5. The normalized spacial score (nSPS) is 12.0. The lowest BCUT2D eigenvalue weighted by molar-refractivity contribution is 0.413. The number of hydrogen-bond donors (Lipinski definition) is 2. The SMILES string of the molecule is COc1cc(Nc2n[nH]c(C(CCCCCl)c3ccccc3F)n2)ccc1-n1cnc(Cl)c1. The summed E-state index contributed by atoms with van der Waals surface area (Å²) in [6.45, 7) is 0. The molecule has 0 aliphatic rings. The largest absolute Gasteiger partial charge is 0.494 e. The molecule has 0 amide bonds. The van der Waals surface area contributed by atoms with Gasteiger partial charge in [0.15, 0.2) is 0 Å². The molecule has 2 aromatic carbocycles. The van der Waals surface area contributed by atoms with Crippen molar-refractivity contribution in [2.24, 2.45) is 0 Å². The van der Waals surface area contributed by atoms with E-state index in [2.05, 4.69) is 25.5 Å². The highest BCUT2D eigenvalue weighted by Gasteiger charge is 2.21. The van der Waals surface area contributed by atoms with Crippen LogP contribution in [0.15, 0.2) is 55.0 Å². The summed E-state index contributed by atoms with van der Waals surface area (Å²) >= 11 is 11.8. The van der Waals surface area contributed by atoms with Gasteiger partial charge in [-0.3, -0.25) is 5.10 Å². The number of nitrogens with one attached hydrogen (secondary N) is 2. The number of H-pyrrole nitrogens is 1. The molecular formula is C23H23Cl2FN6O. The van der Waals surface area contributed by atoms with Crippen LogP contribution < -0.4 is 10.1 Å². The Bertz CT molecular complexity index is 1210. The zero-order chi connectivity index (χ0) is 23.2. The summed E-state index contributed by atoms with van der Waals surface area (Å²) in [5, 5.41) is 10.8. The molecule has 2 heterocycles. The molecule has 4 aromatic rings. The maximum atomic E-state index is 14.5. The molecule has 172 valence electrons. The average molecular weight is 489 g/mol. The van der Waals surface area contributed by atoms with Crippen LogP contribution in [0.1, 0.15) is 36.6 Å². The average Bonchev–Trinajstić information content (AvgIpc) is 3.46. The Hall–Kier alpha value is -3.10. The fourth-order valence-electron chi connectivity index (χ4n) is 3.65. The van der Waals surface area contributed by atoms with Gasteiger partial charge in [0.1, 0.15) is 28.9 Å². The van der Waals surface area contributed by atoms with Gasteiger partial charge in [-0.15, -0.1) is 16.7 Å². The van der Waals surface area contributed by atoms with Gasteiger partial charge in [0, 0.05) is 29.7 Å². The van der Waals surface area contributed by atoms with E-state index in [4.69, 9.17) is 27.9 Å². The molecule has 0 radical (unpaired) electrons. The first-order valence-corrected chi connectivity index (χ1v) is 11.4. The predicted octanol–water partition coefficient (Wildman–Crippen LogP) is 6.08. The number of methoxy groups -OCH3 is 1. The number of aromatic nitrogens is 5. The highest BCUT2D eigenvalue weighted by Crippen LogP contribution is 2.31. The summed E-state index contributed by atoms with van der Waals surface area (Å²) in [6.07, 6.45) is 5.71. The molecule has 10 heteroatoms. The summed E-state index contributed by atoms with van der Waals surface area (Å²) in [6, 6.07) is 12.3. The van der Waals surface area contributed by atoms with E-state index in [0.717, 1.165) is 24.2 Å². The van der Waals surface area contributed by atoms with Gasteiger partial charge in [0.05, 0.1) is 12.8 Å². The lowest BCUT2D eigenvalue weighted by Crippen LogP contribution is -2.06. The zero-order valence-corrected chi connectivity index (χ0v) is 19.4. The topological polar surface area (TPSA) is 80.6 Å². The fourth-order valence-corrected chi connectivity index (χ4v) is 3.99. The number of benzene rings is 2. The van der Waals surface area contributed by atoms with Gasteiger partial charge in [-0.05, 0) is 36.6 Å². The molecule has 1 unspecified atom stereocenters. The lowest BCUT2D eigenvalue weighted by Gasteiger charge is -2.15. The Morgan fingerprint density at radius 2 is 2.06 bits per heavy atom. The van der Waals surface area contributed by atoms with Crippen molar-refractivity contribution in [1.82, 2.24) is 24.7 Å². The van der Waals surface area contributed by atoms with Gasteiger partial charge >= 0.3 is 0 Å². The van der Waals surface area contributed by atoms with E-state index in [-0.39, 0.29) is 11.7 Å². The van der Waals surface area contributed by atoms with E-state index in [1.807, 2.05) is 24.3 Å². The van der Waals surface area contributed by atoms with E-state index < -0.39 is 0 Å². The second-order valence-corrected chi connectivity index (χ2v) is 8.18. The molecule has 4 rings (SSSR count). The van der Waals surface area contributed by atoms with Crippen molar-refractivity contribution in [2.45, 2.75) is 25.2 Å². The van der Waals surface area contributed by atoms with Gasteiger partial charge in [0.2, 0.25) is 5.95 Å². The highest BCUT2D eigenvalue weighted by atomic mass is 35.5. The van der Waals surface area contributed by atoms with Gasteiger partial charge in [-0.25, -0.2) is 9.37 Å². The summed E-state index contributed by atoms with van der Waals surface area (Å²) in [4.78, 5) is 8.63. The van der Waals surface area contributed by atoms with Gasteiger partial charge in [-0.1, -0.05) is 36.2 Å². The first kappa shape index (κ1) is 23.1. The number of aromatic amines is 1. The standard InChI is InChI=1S/C23H23Cl2FN6O/c1-33-20-12-15(9-10-19(20)32-13-21(25)27-14-32)28-23-29-22(30-31-23)17(7-4-5-11-24)16-6-2-3-8-18(16)26/h2-3,6,8-10,12-14,17H,4-5,7,11H2,1H3,(H2,28,29,30,31). The minimum Gasteiger partial charge on any atom is -0.494 e. The van der Waals surface area contributed by atoms with Crippen LogP contribution in [-0.2, 0) is 0 Å². The monoisotopic (exact) mass is 488 g/mol. The number of imidazole rings is 1. The van der Waals surface area contributed by atoms with E-state index in [1.165, 1.54) is 6.07 Å². The molecule has 0 spiro atoms. The molecule has 0 saturated heterocycles. The van der Waals surface area contributed by atoms with Gasteiger partial charge in [0.25, 0.3) is 0 Å². The Morgan fingerprint density at radius 1 is 1.21 bits per heavy atom. The highest BCUT2D eigenvalue weighted by molar-refractivity contribution is 6.29. The van der Waals surface area contributed by atoms with Crippen LogP contribution in [0.3, 0.4) is 0 Å². The Kier molecular flexibility index (Phi) is 7.47. The predicted molar refractivity (Wildman–Crippen MR) is 128 cm³/mol. The van der Waals surface area contributed by atoms with Gasteiger partial charge in [-0.2, -0.15) is 4.98 Å². The summed E-state index contributed by atoms with van der Waals surface area (Å²) < 4.78 is 21.8. The Balaban J connectivity index is 1.56. The van der Waals surface area contributed by atoms with E-state index in [1.54, 1.807) is 36.3 Å². The third-order valence-electron chi connectivity index (χ3n) is 5.25. The van der Waals surface area contributed by atoms with Crippen molar-refractivity contribution in [3.63, 3.8) is 0 Å². The molecule has 0 fully saturated rings. The molecule has 0 saturated carbocycles. The number of alkyl halides is 1. The molecule has 0 aliphatic carbocycles. The van der Waals surface area contributed by atoms with Crippen molar-refractivity contribution in [3.8, 4) is 11.4 Å². The third kappa shape index (κ3) is 5.46. The van der Waals surface area contributed by atoms with Crippen LogP contribution >= 0.6 is 23.2 Å². The van der Waals surface area contributed by atoms with Crippen molar-refractivity contribution >= 4 is 34.8 Å². The van der Waals surface area contributed by atoms with Crippen LogP contribution in [0.4, 0.5) is 16.0 Å². The van der Waals surface area contributed by atoms with E-state index in [0.29, 0.717) is 40.5 Å². The fraction of sp³-hybridized carbons (Fsp3) is 0.261. The van der Waals surface area contributed by atoms with Gasteiger partial charge < -0.3 is 14.6 Å². The molecule has 33 heavy (non-hydrogen) atoms. The summed E-state index contributed by atoms with van der Waals surface area (Å²) in [5.74, 6) is 1.64. The number of unbranched alkanes of at least 4 members (excludes halogenated alkanes) is 1. The quantitative estimate of drug-likeness (QED) is 0.209. The number of nitrogens with zero attached hydrogens (tertiary/aromatic N) is 4. The molecule has 2 N–H and O–H groups in total. The van der Waals surface area contributed by atoms with Crippen LogP contribution in [0.5, 0.6) is 5.75 Å². The minimum atomic E-state index is -0.265. The third-order valence-corrected chi connectivity index (χ3v) is 5.72. The van der Waals surface area contributed by atoms with Crippen molar-refractivity contribution in [1.29, 1.82) is 0 Å². The molecule has 1 atom stereocenters. The molecule has 0 aliphatic heterocycles. The first-order chi connectivity index (χ1) is 16.1. The van der Waals surface area contributed by atoms with E-state index >= 15 is 0 Å². The number of halogens is 3. The summed E-state index contributed by atoms with van der Waals surface area (Å²) in [5.41, 5.74) is 2.11. The van der Waals surface area contributed by atoms with Crippen molar-refractivity contribution in [2.75, 3.05) is 18.3 Å². The second-order valence-electron chi connectivity index (χ2n) is 7.42.